The lowest BCUT2D eigenvalue weighted by atomic mass is 9.93. The van der Waals surface area contributed by atoms with Gasteiger partial charge in [0.15, 0.2) is 0 Å². The Balaban J connectivity index is 1.22. The molecule has 210 valence electrons. The minimum atomic E-state index is -0.239. The maximum atomic E-state index is 13.4. The van der Waals surface area contributed by atoms with E-state index in [1.165, 1.54) is 22.2 Å². The highest BCUT2D eigenvalue weighted by Gasteiger charge is 2.28. The van der Waals surface area contributed by atoms with Gasteiger partial charge >= 0.3 is 0 Å². The SMILES string of the molecule is COCCCn1c(C2CCCN(C(=O)C[C@H](N)Cc3ccc(-c4ccc(O)nc4)cc3)C2)cc2c(C)cccc21. The Bertz CT molecular complexity index is 1430. The van der Waals surface area contributed by atoms with Gasteiger partial charge in [0.2, 0.25) is 11.8 Å². The second-order valence-electron chi connectivity index (χ2n) is 11.0. The van der Waals surface area contributed by atoms with Gasteiger partial charge in [-0.15, -0.1) is 0 Å². The van der Waals surface area contributed by atoms with E-state index in [2.05, 4.69) is 40.7 Å². The average molecular weight is 541 g/mol. The summed E-state index contributed by atoms with van der Waals surface area (Å²) in [5.41, 5.74) is 13.4. The van der Waals surface area contributed by atoms with Crippen LogP contribution in [0.3, 0.4) is 0 Å². The zero-order valence-electron chi connectivity index (χ0n) is 23.6. The summed E-state index contributed by atoms with van der Waals surface area (Å²) in [4.78, 5) is 19.3. The van der Waals surface area contributed by atoms with Gasteiger partial charge in [-0.3, -0.25) is 4.79 Å². The molecule has 40 heavy (non-hydrogen) atoms. The van der Waals surface area contributed by atoms with Crippen LogP contribution < -0.4 is 5.73 Å². The maximum Gasteiger partial charge on any atom is 0.224 e. The second-order valence-corrected chi connectivity index (χ2v) is 11.0. The number of carbonyl (C=O) groups excluding carboxylic acids is 1. The fourth-order valence-corrected chi connectivity index (χ4v) is 5.97. The van der Waals surface area contributed by atoms with Gasteiger partial charge in [0.1, 0.15) is 0 Å². The lowest BCUT2D eigenvalue weighted by Crippen LogP contribution is -2.42. The van der Waals surface area contributed by atoms with Gasteiger partial charge in [-0.2, -0.15) is 0 Å². The Morgan fingerprint density at radius 2 is 1.95 bits per heavy atom. The molecule has 5 rings (SSSR count). The number of aromatic nitrogens is 2. The highest BCUT2D eigenvalue weighted by Crippen LogP contribution is 2.33. The van der Waals surface area contributed by atoms with Crippen LogP contribution in [-0.4, -0.2) is 58.3 Å². The van der Waals surface area contributed by atoms with Crippen molar-refractivity contribution in [2.24, 2.45) is 5.73 Å². The highest BCUT2D eigenvalue weighted by atomic mass is 16.5. The van der Waals surface area contributed by atoms with Crippen LogP contribution in [0.1, 0.15) is 48.4 Å². The van der Waals surface area contributed by atoms with Gasteiger partial charge in [0, 0.05) is 86.2 Å². The number of ether oxygens (including phenoxy) is 1. The molecule has 0 saturated carbocycles. The summed E-state index contributed by atoms with van der Waals surface area (Å²) in [5, 5.41) is 10.7. The molecule has 0 radical (unpaired) electrons. The Labute approximate surface area is 236 Å². The number of hydrogen-bond acceptors (Lipinski definition) is 5. The van der Waals surface area contributed by atoms with Gasteiger partial charge in [0.25, 0.3) is 0 Å². The van der Waals surface area contributed by atoms with Crippen molar-refractivity contribution in [1.82, 2.24) is 14.5 Å². The maximum absolute atomic E-state index is 13.4. The number of likely N-dealkylation sites (tertiary alicyclic amines) is 1. The summed E-state index contributed by atoms with van der Waals surface area (Å²) in [5.74, 6) is 0.461. The van der Waals surface area contributed by atoms with E-state index in [0.717, 1.165) is 62.2 Å². The average Bonchev–Trinajstić information content (AvgIpc) is 3.34. The largest absolute Gasteiger partial charge is 0.493 e. The number of aryl methyl sites for hydroxylation is 2. The number of amides is 1. The Kier molecular flexibility index (Phi) is 8.82. The van der Waals surface area contributed by atoms with Crippen LogP contribution in [0.15, 0.2) is 66.9 Å². The van der Waals surface area contributed by atoms with E-state index < -0.39 is 0 Å². The summed E-state index contributed by atoms with van der Waals surface area (Å²) >= 11 is 0. The van der Waals surface area contributed by atoms with Crippen LogP contribution in [0.5, 0.6) is 5.88 Å². The first-order valence-electron chi connectivity index (χ1n) is 14.3. The summed E-state index contributed by atoms with van der Waals surface area (Å²) < 4.78 is 7.78. The number of aromatic hydroxyl groups is 1. The summed E-state index contributed by atoms with van der Waals surface area (Å²) in [6.45, 7) is 5.34. The molecule has 2 atom stereocenters. The molecule has 3 heterocycles. The Morgan fingerprint density at radius 1 is 1.15 bits per heavy atom. The van der Waals surface area contributed by atoms with Crippen molar-refractivity contribution < 1.29 is 14.6 Å². The van der Waals surface area contributed by atoms with Crippen LogP contribution in [0, 0.1) is 6.92 Å². The molecule has 1 fully saturated rings. The molecule has 7 heteroatoms. The third kappa shape index (κ3) is 6.37. The van der Waals surface area contributed by atoms with E-state index in [0.29, 0.717) is 18.8 Å². The third-order valence-corrected chi connectivity index (χ3v) is 8.09. The zero-order valence-corrected chi connectivity index (χ0v) is 23.6. The topological polar surface area (TPSA) is 93.6 Å². The van der Waals surface area contributed by atoms with Crippen LogP contribution in [-0.2, 0) is 22.5 Å². The predicted octanol–water partition coefficient (Wildman–Crippen LogP) is 5.42. The normalized spacial score (nSPS) is 16.4. The van der Waals surface area contributed by atoms with Gasteiger partial charge in [-0.1, -0.05) is 36.4 Å². The summed E-state index contributed by atoms with van der Waals surface area (Å²) in [6.07, 6.45) is 5.67. The van der Waals surface area contributed by atoms with E-state index in [9.17, 15) is 9.90 Å². The standard InChI is InChI=1S/C33H40N4O3/c1-23-6-3-8-30-29(23)20-31(37(30)16-5-17-40-2)27-7-4-15-36(22-27)33(39)19-28(34)18-24-9-11-25(12-10-24)26-13-14-32(38)35-21-26/h3,6,8-14,20-21,27-28H,4-5,7,15-19,22,34H2,1-2H3,(H,35,38)/t27?,28-/m1/s1. The molecule has 4 aromatic rings. The van der Waals surface area contributed by atoms with Crippen molar-refractivity contribution >= 4 is 16.8 Å². The quantitative estimate of drug-likeness (QED) is 0.262. The number of nitrogens with two attached hydrogens (primary N) is 1. The lowest BCUT2D eigenvalue weighted by molar-refractivity contribution is -0.132. The molecule has 0 spiro atoms. The molecule has 1 aliphatic rings. The minimum absolute atomic E-state index is 0.00981. The van der Waals surface area contributed by atoms with E-state index >= 15 is 0 Å². The molecule has 3 N–H and O–H groups in total. The van der Waals surface area contributed by atoms with Crippen LogP contribution in [0.2, 0.25) is 0 Å². The fraction of sp³-hybridized carbons (Fsp3) is 0.394. The van der Waals surface area contributed by atoms with Crippen LogP contribution in [0.4, 0.5) is 0 Å². The van der Waals surface area contributed by atoms with Gasteiger partial charge in [-0.05, 0) is 67.5 Å². The summed E-state index contributed by atoms with van der Waals surface area (Å²) in [7, 11) is 1.75. The van der Waals surface area contributed by atoms with Gasteiger partial charge in [0.05, 0.1) is 0 Å². The van der Waals surface area contributed by atoms with E-state index in [-0.39, 0.29) is 17.8 Å². The second kappa shape index (κ2) is 12.7. The van der Waals surface area contributed by atoms with Crippen LogP contribution >= 0.6 is 0 Å². The van der Waals surface area contributed by atoms with E-state index in [1.807, 2.05) is 35.2 Å². The highest BCUT2D eigenvalue weighted by molar-refractivity contribution is 5.85. The first kappa shape index (κ1) is 27.9. The number of benzene rings is 2. The van der Waals surface area contributed by atoms with E-state index in [4.69, 9.17) is 10.5 Å². The molecule has 2 aromatic heterocycles. The third-order valence-electron chi connectivity index (χ3n) is 8.09. The minimum Gasteiger partial charge on any atom is -0.493 e. The van der Waals surface area contributed by atoms with Crippen LogP contribution in [0.25, 0.3) is 22.0 Å². The molecule has 1 amide bonds. The lowest BCUT2D eigenvalue weighted by Gasteiger charge is -2.34. The van der Waals surface area contributed by atoms with Crippen molar-refractivity contribution in [3.8, 4) is 17.0 Å². The van der Waals surface area contributed by atoms with Crippen molar-refractivity contribution in [3.63, 3.8) is 0 Å². The van der Waals surface area contributed by atoms with Crippen molar-refractivity contribution in [2.45, 2.75) is 57.5 Å². The molecule has 2 aromatic carbocycles. The Hall–Kier alpha value is -3.68. The predicted molar refractivity (Wildman–Crippen MR) is 159 cm³/mol. The number of rotatable bonds is 10. The number of hydrogen-bond donors (Lipinski definition) is 2. The van der Waals surface area contributed by atoms with Crippen molar-refractivity contribution in [1.29, 1.82) is 0 Å². The number of methoxy groups -OCH3 is 1. The first-order valence-corrected chi connectivity index (χ1v) is 14.3. The fourth-order valence-electron chi connectivity index (χ4n) is 5.97. The first-order chi connectivity index (χ1) is 19.4. The number of nitrogens with zero attached hydrogens (tertiary/aromatic N) is 3. The molecule has 1 saturated heterocycles. The molecular formula is C33H40N4O3. The molecule has 1 aliphatic heterocycles. The van der Waals surface area contributed by atoms with Crippen molar-refractivity contribution in [2.75, 3.05) is 26.8 Å². The monoisotopic (exact) mass is 540 g/mol. The zero-order chi connectivity index (χ0) is 28.1. The number of piperidine rings is 1. The molecule has 7 nitrogen and oxygen atoms in total. The van der Waals surface area contributed by atoms with Gasteiger partial charge in [-0.25, -0.2) is 4.98 Å². The molecular weight excluding hydrogens is 500 g/mol. The number of pyridine rings is 1. The number of fused-ring (bicyclic) bond motifs is 1. The summed E-state index contributed by atoms with van der Waals surface area (Å²) in [6, 6.07) is 20.2. The molecule has 0 bridgehead atoms. The number of carbonyl (C=O) groups is 1. The van der Waals surface area contributed by atoms with E-state index in [1.54, 1.807) is 19.4 Å². The Morgan fingerprint density at radius 3 is 2.70 bits per heavy atom. The molecule has 1 unspecified atom stereocenters. The molecule has 0 aliphatic carbocycles. The van der Waals surface area contributed by atoms with Gasteiger partial charge < -0.3 is 25.0 Å². The smallest absolute Gasteiger partial charge is 0.224 e. The van der Waals surface area contributed by atoms with Crippen molar-refractivity contribution in [3.05, 3.63) is 83.7 Å².